The number of hydrogen-bond donors (Lipinski definition) is 1. The molecule has 0 aliphatic carbocycles. The number of methoxy groups -OCH3 is 1. The number of hydrogen-bond acceptors (Lipinski definition) is 5. The Bertz CT molecular complexity index is 744. The standard InChI is InChI=1S/C20H29N5O2/c1-15(2)19(21-18(26)14-27-3)20-23-22-17-9-10-24(11-12-25(17)20)13-16-7-5-4-6-8-16/h4-8,15,19H,9-14H2,1-3H3,(H,21,26)/t19-/m0/s1. The first-order valence-electron chi connectivity index (χ1n) is 9.55. The third-order valence-corrected chi connectivity index (χ3v) is 4.93. The summed E-state index contributed by atoms with van der Waals surface area (Å²) in [6.07, 6.45) is 0.858. The van der Waals surface area contributed by atoms with Gasteiger partial charge in [0.2, 0.25) is 5.91 Å². The van der Waals surface area contributed by atoms with E-state index >= 15 is 0 Å². The van der Waals surface area contributed by atoms with Crippen LogP contribution in [0.4, 0.5) is 0 Å². The van der Waals surface area contributed by atoms with Crippen LogP contribution < -0.4 is 5.32 Å². The number of ether oxygens (including phenoxy) is 1. The number of aromatic nitrogens is 3. The number of amides is 1. The van der Waals surface area contributed by atoms with E-state index in [0.29, 0.717) is 0 Å². The molecule has 0 radical (unpaired) electrons. The predicted octanol–water partition coefficient (Wildman–Crippen LogP) is 1.80. The molecule has 0 saturated heterocycles. The average Bonchev–Trinajstić information content (AvgIpc) is 2.94. The summed E-state index contributed by atoms with van der Waals surface area (Å²) >= 11 is 0. The summed E-state index contributed by atoms with van der Waals surface area (Å²) in [4.78, 5) is 14.5. The smallest absolute Gasteiger partial charge is 0.246 e. The summed E-state index contributed by atoms with van der Waals surface area (Å²) in [5.41, 5.74) is 1.32. The topological polar surface area (TPSA) is 72.3 Å². The second-order valence-corrected chi connectivity index (χ2v) is 7.36. The zero-order valence-electron chi connectivity index (χ0n) is 16.4. The first-order chi connectivity index (χ1) is 13.1. The van der Waals surface area contributed by atoms with Gasteiger partial charge in [-0.05, 0) is 11.5 Å². The van der Waals surface area contributed by atoms with Crippen LogP contribution in [-0.4, -0.2) is 52.4 Å². The summed E-state index contributed by atoms with van der Waals surface area (Å²) < 4.78 is 7.13. The van der Waals surface area contributed by atoms with E-state index in [9.17, 15) is 4.79 Å². The van der Waals surface area contributed by atoms with Crippen molar-refractivity contribution in [2.75, 3.05) is 26.8 Å². The Morgan fingerprint density at radius 2 is 1.96 bits per heavy atom. The molecule has 1 aromatic carbocycles. The summed E-state index contributed by atoms with van der Waals surface area (Å²) in [6, 6.07) is 10.4. The maximum atomic E-state index is 12.0. The molecule has 0 spiro atoms. The van der Waals surface area contributed by atoms with E-state index < -0.39 is 0 Å². The van der Waals surface area contributed by atoms with Gasteiger partial charge < -0.3 is 14.6 Å². The van der Waals surface area contributed by atoms with E-state index in [1.54, 1.807) is 0 Å². The van der Waals surface area contributed by atoms with Gasteiger partial charge in [-0.2, -0.15) is 0 Å². The highest BCUT2D eigenvalue weighted by Crippen LogP contribution is 2.22. The summed E-state index contributed by atoms with van der Waals surface area (Å²) in [5.74, 6) is 1.91. The van der Waals surface area contributed by atoms with Crippen molar-refractivity contribution in [2.45, 2.75) is 39.4 Å². The Morgan fingerprint density at radius 3 is 2.67 bits per heavy atom. The minimum absolute atomic E-state index is 0.0507. The fourth-order valence-corrected chi connectivity index (χ4v) is 3.49. The molecule has 7 nitrogen and oxygen atoms in total. The van der Waals surface area contributed by atoms with Gasteiger partial charge in [0.05, 0.1) is 6.04 Å². The van der Waals surface area contributed by atoms with Crippen molar-refractivity contribution < 1.29 is 9.53 Å². The molecule has 0 fully saturated rings. The lowest BCUT2D eigenvalue weighted by Gasteiger charge is -2.23. The predicted molar refractivity (Wildman–Crippen MR) is 103 cm³/mol. The van der Waals surface area contributed by atoms with Crippen molar-refractivity contribution in [2.24, 2.45) is 5.92 Å². The van der Waals surface area contributed by atoms with E-state index in [1.807, 2.05) is 6.07 Å². The monoisotopic (exact) mass is 371 g/mol. The van der Waals surface area contributed by atoms with E-state index in [0.717, 1.165) is 44.2 Å². The highest BCUT2D eigenvalue weighted by Gasteiger charge is 2.27. The molecule has 0 saturated carbocycles. The van der Waals surface area contributed by atoms with Crippen molar-refractivity contribution in [3.05, 3.63) is 47.5 Å². The van der Waals surface area contributed by atoms with Crippen LogP contribution in [0, 0.1) is 5.92 Å². The molecular weight excluding hydrogens is 342 g/mol. The van der Waals surface area contributed by atoms with Gasteiger partial charge >= 0.3 is 0 Å². The van der Waals surface area contributed by atoms with E-state index in [1.165, 1.54) is 12.7 Å². The number of nitrogens with one attached hydrogen (secondary N) is 1. The molecule has 2 heterocycles. The molecule has 146 valence electrons. The van der Waals surface area contributed by atoms with Gasteiger partial charge in [-0.25, -0.2) is 0 Å². The molecule has 27 heavy (non-hydrogen) atoms. The lowest BCUT2D eigenvalue weighted by Crippen LogP contribution is -2.36. The fourth-order valence-electron chi connectivity index (χ4n) is 3.49. The molecule has 1 aliphatic heterocycles. The SMILES string of the molecule is COCC(=O)N[C@H](c1nnc2n1CCN(Cc1ccccc1)CC2)C(C)C. The third-order valence-electron chi connectivity index (χ3n) is 4.93. The molecule has 1 aliphatic rings. The minimum Gasteiger partial charge on any atom is -0.375 e. The number of carbonyl (C=O) groups is 1. The molecular formula is C20H29N5O2. The minimum atomic E-state index is -0.172. The maximum absolute atomic E-state index is 12.0. The normalized spacial score (nSPS) is 16.0. The lowest BCUT2D eigenvalue weighted by atomic mass is 10.0. The zero-order chi connectivity index (χ0) is 19.2. The average molecular weight is 371 g/mol. The first-order valence-corrected chi connectivity index (χ1v) is 9.55. The van der Waals surface area contributed by atoms with Crippen LogP contribution in [0.15, 0.2) is 30.3 Å². The van der Waals surface area contributed by atoms with Crippen molar-refractivity contribution in [3.63, 3.8) is 0 Å². The van der Waals surface area contributed by atoms with Crippen LogP contribution in [0.3, 0.4) is 0 Å². The molecule has 0 unspecified atom stereocenters. The van der Waals surface area contributed by atoms with Crippen LogP contribution in [0.25, 0.3) is 0 Å². The van der Waals surface area contributed by atoms with E-state index in [-0.39, 0.29) is 24.5 Å². The molecule has 1 N–H and O–H groups in total. The Labute approximate surface area is 160 Å². The Balaban J connectivity index is 1.72. The molecule has 1 aromatic heterocycles. The van der Waals surface area contributed by atoms with Crippen molar-refractivity contribution in [1.29, 1.82) is 0 Å². The van der Waals surface area contributed by atoms with Crippen LogP contribution in [-0.2, 0) is 29.0 Å². The number of rotatable bonds is 7. The number of nitrogens with zero attached hydrogens (tertiary/aromatic N) is 4. The lowest BCUT2D eigenvalue weighted by molar-refractivity contribution is -0.125. The van der Waals surface area contributed by atoms with E-state index in [4.69, 9.17) is 4.74 Å². The molecule has 3 rings (SSSR count). The van der Waals surface area contributed by atoms with Crippen LogP contribution in [0.2, 0.25) is 0 Å². The second kappa shape index (κ2) is 9.10. The summed E-state index contributed by atoms with van der Waals surface area (Å²) in [6.45, 7) is 7.87. The molecule has 0 bridgehead atoms. The van der Waals surface area contributed by atoms with Crippen LogP contribution in [0.1, 0.15) is 37.1 Å². The Hall–Kier alpha value is -2.25. The Kier molecular flexibility index (Phi) is 6.58. The third kappa shape index (κ3) is 4.93. The largest absolute Gasteiger partial charge is 0.375 e. The van der Waals surface area contributed by atoms with Gasteiger partial charge in [0.15, 0.2) is 5.82 Å². The van der Waals surface area contributed by atoms with Gasteiger partial charge in [0, 0.05) is 39.7 Å². The van der Waals surface area contributed by atoms with Crippen LogP contribution >= 0.6 is 0 Å². The van der Waals surface area contributed by atoms with Gasteiger partial charge in [0.25, 0.3) is 0 Å². The number of fused-ring (bicyclic) bond motifs is 1. The fraction of sp³-hybridized carbons (Fsp3) is 0.550. The van der Waals surface area contributed by atoms with Gasteiger partial charge in [-0.15, -0.1) is 10.2 Å². The van der Waals surface area contributed by atoms with Gasteiger partial charge in [-0.1, -0.05) is 44.2 Å². The molecule has 1 atom stereocenters. The Morgan fingerprint density at radius 1 is 1.19 bits per heavy atom. The van der Waals surface area contributed by atoms with Crippen molar-refractivity contribution in [3.8, 4) is 0 Å². The summed E-state index contributed by atoms with van der Waals surface area (Å²) in [5, 5.41) is 11.9. The number of benzene rings is 1. The molecule has 1 amide bonds. The number of carbonyl (C=O) groups excluding carboxylic acids is 1. The van der Waals surface area contributed by atoms with Gasteiger partial charge in [-0.3, -0.25) is 9.69 Å². The molecule has 2 aromatic rings. The quantitative estimate of drug-likeness (QED) is 0.803. The maximum Gasteiger partial charge on any atom is 0.246 e. The van der Waals surface area contributed by atoms with Crippen molar-refractivity contribution >= 4 is 5.91 Å². The van der Waals surface area contributed by atoms with Crippen LogP contribution in [0.5, 0.6) is 0 Å². The second-order valence-electron chi connectivity index (χ2n) is 7.36. The first kappa shape index (κ1) is 19.5. The molecule has 7 heteroatoms. The van der Waals surface area contributed by atoms with Crippen molar-refractivity contribution in [1.82, 2.24) is 25.0 Å². The highest BCUT2D eigenvalue weighted by atomic mass is 16.5. The van der Waals surface area contributed by atoms with E-state index in [2.05, 4.69) is 63.1 Å². The highest BCUT2D eigenvalue weighted by molar-refractivity contribution is 5.77. The zero-order valence-corrected chi connectivity index (χ0v) is 16.4. The summed E-state index contributed by atoms with van der Waals surface area (Å²) in [7, 11) is 1.52. The van der Waals surface area contributed by atoms with Gasteiger partial charge in [0.1, 0.15) is 12.4 Å².